The average Bonchev–Trinajstić information content (AvgIpc) is 3.17. The van der Waals surface area contributed by atoms with Gasteiger partial charge in [0.05, 0.1) is 7.11 Å². The number of amides is 1. The van der Waals surface area contributed by atoms with Gasteiger partial charge in [-0.05, 0) is 43.9 Å². The van der Waals surface area contributed by atoms with Gasteiger partial charge in [0.2, 0.25) is 5.91 Å². The Bertz CT molecular complexity index is 910. The molecule has 38 heavy (non-hydrogen) atoms. The number of hydrogen-bond acceptors (Lipinski definition) is 7. The summed E-state index contributed by atoms with van der Waals surface area (Å²) < 4.78 is 4.77. The van der Waals surface area contributed by atoms with Gasteiger partial charge in [0.25, 0.3) is 0 Å². The van der Waals surface area contributed by atoms with E-state index in [1.165, 1.54) is 7.11 Å². The topological polar surface area (TPSA) is 124 Å². The Kier molecular flexibility index (Phi) is 12.5. The normalized spacial score (nSPS) is 30.6. The van der Waals surface area contributed by atoms with Crippen LogP contribution < -0.4 is 5.32 Å². The molecule has 0 aromatic carbocycles. The van der Waals surface area contributed by atoms with Gasteiger partial charge in [0.15, 0.2) is 0 Å². The average molecular weight is 536 g/mol. The zero-order chi connectivity index (χ0) is 29.4. The molecule has 3 rings (SSSR count). The molecule has 0 heterocycles. The van der Waals surface area contributed by atoms with Crippen LogP contribution in [0.1, 0.15) is 107 Å². The molecule has 3 fully saturated rings. The molecule has 3 aliphatic rings. The zero-order valence-electron chi connectivity index (χ0n) is 24.9. The predicted octanol–water partition coefficient (Wildman–Crippen LogP) is 4.65. The third-order valence-corrected chi connectivity index (χ3v) is 8.81. The highest BCUT2D eigenvalue weighted by molar-refractivity contribution is 5.99. The summed E-state index contributed by atoms with van der Waals surface area (Å²) >= 11 is 0. The maximum absolute atomic E-state index is 13.3. The first-order valence-corrected chi connectivity index (χ1v) is 14.2. The molecule has 0 radical (unpaired) electrons. The maximum atomic E-state index is 13.3. The second-order valence-corrected chi connectivity index (χ2v) is 11.5. The van der Waals surface area contributed by atoms with Crippen molar-refractivity contribution in [3.63, 3.8) is 0 Å². The van der Waals surface area contributed by atoms with Crippen molar-refractivity contribution in [1.29, 1.82) is 0 Å². The molecule has 0 aliphatic heterocycles. The summed E-state index contributed by atoms with van der Waals surface area (Å²) in [4.78, 5) is 73.2. The molecular formula is C30H49NO7. The van der Waals surface area contributed by atoms with Crippen molar-refractivity contribution in [3.8, 4) is 0 Å². The molecule has 0 spiro atoms. The van der Waals surface area contributed by atoms with Crippen LogP contribution in [0.25, 0.3) is 0 Å². The summed E-state index contributed by atoms with van der Waals surface area (Å²) in [5.74, 6) is -0.816. The quantitative estimate of drug-likeness (QED) is 0.471. The molecule has 3 aliphatic carbocycles. The van der Waals surface area contributed by atoms with Crippen molar-refractivity contribution in [2.75, 3.05) is 7.11 Å². The lowest BCUT2D eigenvalue weighted by Crippen LogP contribution is -2.56. The number of hydrogen-bond donors (Lipinski definition) is 1. The molecule has 8 heteroatoms. The number of carbonyl (C=O) groups is 6. The second kappa shape index (κ2) is 14.1. The van der Waals surface area contributed by atoms with Crippen LogP contribution in [0.3, 0.4) is 0 Å². The van der Waals surface area contributed by atoms with Gasteiger partial charge in [0, 0.05) is 48.9 Å². The fourth-order valence-electron chi connectivity index (χ4n) is 6.45. The number of ketones is 4. The number of rotatable bonds is 7. The van der Waals surface area contributed by atoms with Gasteiger partial charge in [-0.2, -0.15) is 0 Å². The number of fused-ring (bicyclic) bond motifs is 3. The third-order valence-electron chi connectivity index (χ3n) is 8.81. The van der Waals surface area contributed by atoms with Crippen LogP contribution in [0.5, 0.6) is 0 Å². The van der Waals surface area contributed by atoms with Crippen LogP contribution in [0.2, 0.25) is 0 Å². The molecular weight excluding hydrogens is 486 g/mol. The first-order valence-electron chi connectivity index (χ1n) is 14.2. The molecule has 0 bridgehead atoms. The van der Waals surface area contributed by atoms with Crippen molar-refractivity contribution >= 4 is 35.0 Å². The Hall–Kier alpha value is -2.38. The second-order valence-electron chi connectivity index (χ2n) is 11.5. The van der Waals surface area contributed by atoms with Crippen molar-refractivity contribution in [1.82, 2.24) is 5.32 Å². The van der Waals surface area contributed by atoms with Crippen LogP contribution in [0.15, 0.2) is 0 Å². The molecule has 5 unspecified atom stereocenters. The van der Waals surface area contributed by atoms with E-state index < -0.39 is 28.8 Å². The first-order chi connectivity index (χ1) is 17.7. The minimum Gasteiger partial charge on any atom is -0.467 e. The van der Waals surface area contributed by atoms with E-state index in [1.807, 2.05) is 48.5 Å². The number of nitrogens with one attached hydrogen (secondary N) is 1. The zero-order valence-corrected chi connectivity index (χ0v) is 24.9. The summed E-state index contributed by atoms with van der Waals surface area (Å²) in [6, 6.07) is -0.748. The van der Waals surface area contributed by atoms with Gasteiger partial charge in [-0.1, -0.05) is 48.5 Å². The summed E-state index contributed by atoms with van der Waals surface area (Å²) in [6.07, 6.45) is 3.49. The van der Waals surface area contributed by atoms with E-state index in [0.29, 0.717) is 25.7 Å². The number of esters is 1. The van der Waals surface area contributed by atoms with Crippen LogP contribution >= 0.6 is 0 Å². The highest BCUT2D eigenvalue weighted by Crippen LogP contribution is 2.60. The smallest absolute Gasteiger partial charge is 0.328 e. The van der Waals surface area contributed by atoms with Crippen LogP contribution in [-0.2, 0) is 33.5 Å². The fraction of sp³-hybridized carbons (Fsp3) is 0.800. The first kappa shape index (κ1) is 33.6. The van der Waals surface area contributed by atoms with E-state index in [2.05, 4.69) is 5.32 Å². The van der Waals surface area contributed by atoms with Crippen molar-refractivity contribution < 1.29 is 33.5 Å². The van der Waals surface area contributed by atoms with Crippen LogP contribution in [0.4, 0.5) is 0 Å². The van der Waals surface area contributed by atoms with Gasteiger partial charge in [-0.3, -0.25) is 19.2 Å². The molecule has 0 aromatic rings. The van der Waals surface area contributed by atoms with E-state index in [-0.39, 0.29) is 66.1 Å². The largest absolute Gasteiger partial charge is 0.467 e. The number of ether oxygens (including phenoxy) is 1. The van der Waals surface area contributed by atoms with E-state index >= 15 is 0 Å². The molecule has 1 amide bonds. The number of carbonyl (C=O) groups excluding carboxylic acids is 6. The van der Waals surface area contributed by atoms with Gasteiger partial charge in [-0.25, -0.2) is 4.79 Å². The maximum Gasteiger partial charge on any atom is 0.328 e. The lowest BCUT2D eigenvalue weighted by Gasteiger charge is -2.53. The summed E-state index contributed by atoms with van der Waals surface area (Å²) in [5, 5.41) is 2.72. The van der Waals surface area contributed by atoms with Crippen LogP contribution in [-0.4, -0.2) is 48.2 Å². The molecule has 0 saturated heterocycles. The highest BCUT2D eigenvalue weighted by Gasteiger charge is 2.62. The minimum absolute atomic E-state index is 0.00965. The molecule has 216 valence electrons. The predicted molar refractivity (Wildman–Crippen MR) is 145 cm³/mol. The summed E-state index contributed by atoms with van der Waals surface area (Å²) in [6.45, 7) is 14.8. The van der Waals surface area contributed by atoms with Gasteiger partial charge < -0.3 is 14.8 Å². The monoisotopic (exact) mass is 535 g/mol. The van der Waals surface area contributed by atoms with Gasteiger partial charge in [-0.15, -0.1) is 0 Å². The Labute approximate surface area is 228 Å². The molecule has 1 N–H and O–H groups in total. The molecule has 0 aromatic heterocycles. The highest BCUT2D eigenvalue weighted by atomic mass is 16.5. The SMILES string of the molecule is CC.CCC(C)=O.COC(=O)C(NC(=O)CC[C@@]1(C)C(=O)CCC2C3CCC(=O)C3(C)CC(=O)C21)C(C)C. The molecule has 8 nitrogen and oxygen atoms in total. The van der Waals surface area contributed by atoms with Gasteiger partial charge >= 0.3 is 5.97 Å². The third kappa shape index (κ3) is 7.17. The lowest BCUT2D eigenvalue weighted by atomic mass is 9.48. The Morgan fingerprint density at radius 2 is 1.58 bits per heavy atom. The summed E-state index contributed by atoms with van der Waals surface area (Å²) in [7, 11) is 1.28. The Morgan fingerprint density at radius 3 is 2.08 bits per heavy atom. The molecule has 3 saturated carbocycles. The van der Waals surface area contributed by atoms with Crippen molar-refractivity contribution in [3.05, 3.63) is 0 Å². The number of Topliss-reactive ketones (excluding diaryl/α,β-unsaturated/α-hetero) is 4. The minimum atomic E-state index is -0.914. The van der Waals surface area contributed by atoms with Crippen molar-refractivity contribution in [2.24, 2.45) is 34.5 Å². The number of methoxy groups -OCH3 is 1. The summed E-state index contributed by atoms with van der Waals surface area (Å²) in [5.41, 5.74) is -1.51. The standard InChI is InChI=1S/C24H35NO6.C4H8O.C2H6/c1-13(2)21(22(30)31-5)25-19(29)10-11-23(3)17(27)8-6-14-15-7-9-18(28)24(15,4)12-16(26)20(14)23;1-3-4(2)5;1-2/h13-15,20-21H,6-12H2,1-5H3,(H,25,29);3H2,1-2H3;1-2H3/t14?,15?,20?,21?,23-,24?;;/m0../s1. The van der Waals surface area contributed by atoms with Gasteiger partial charge in [0.1, 0.15) is 29.2 Å². The lowest BCUT2D eigenvalue weighted by molar-refractivity contribution is -0.160. The Balaban J connectivity index is 0.000000924. The van der Waals surface area contributed by atoms with E-state index in [0.717, 1.165) is 6.42 Å². The van der Waals surface area contributed by atoms with Crippen LogP contribution in [0, 0.1) is 34.5 Å². The Morgan fingerprint density at radius 1 is 1.03 bits per heavy atom. The molecule has 6 atom stereocenters. The van der Waals surface area contributed by atoms with E-state index in [1.54, 1.807) is 6.92 Å². The van der Waals surface area contributed by atoms with E-state index in [9.17, 15) is 28.8 Å². The van der Waals surface area contributed by atoms with E-state index in [4.69, 9.17) is 4.74 Å². The fourth-order valence-corrected chi connectivity index (χ4v) is 6.45. The van der Waals surface area contributed by atoms with Crippen molar-refractivity contribution in [2.45, 2.75) is 113 Å².